The van der Waals surface area contributed by atoms with Crippen molar-refractivity contribution in [1.29, 1.82) is 0 Å². The van der Waals surface area contributed by atoms with Gasteiger partial charge in [0, 0.05) is 12.4 Å². The lowest BCUT2D eigenvalue weighted by molar-refractivity contribution is 0.219. The van der Waals surface area contributed by atoms with Crippen molar-refractivity contribution in [3.05, 3.63) is 23.5 Å². The lowest BCUT2D eigenvalue weighted by Crippen LogP contribution is -2.46. The Bertz CT molecular complexity index is 153. The first-order valence-corrected chi connectivity index (χ1v) is 2.76. The molecule has 1 aliphatic heterocycles. The van der Waals surface area contributed by atoms with Crippen LogP contribution in [0.2, 0.25) is 0 Å². The number of hydrazine groups is 3. The maximum Gasteiger partial charge on any atom is 0.0598 e. The molecule has 0 saturated heterocycles. The average Bonchev–Trinajstić information content (AvgIpc) is 1.90. The second kappa shape index (κ2) is 2.72. The smallest absolute Gasteiger partial charge is 0.0598 e. The molecule has 0 radical (unpaired) electrons. The van der Waals surface area contributed by atoms with E-state index in [4.69, 9.17) is 17.4 Å². The summed E-state index contributed by atoms with van der Waals surface area (Å²) in [6.45, 7) is 0. The van der Waals surface area contributed by atoms with Gasteiger partial charge in [0.25, 0.3) is 0 Å². The molecule has 1 rings (SSSR count). The minimum Gasteiger partial charge on any atom is -0.289 e. The highest BCUT2D eigenvalue weighted by atomic mass is 35.5. The van der Waals surface area contributed by atoms with E-state index >= 15 is 0 Å². The molecule has 0 aromatic rings. The first-order valence-electron chi connectivity index (χ1n) is 2.38. The van der Waals surface area contributed by atoms with E-state index in [1.807, 2.05) is 0 Å². The van der Waals surface area contributed by atoms with Crippen molar-refractivity contribution in [3.63, 3.8) is 0 Å². The number of nitrogens with one attached hydrogen (secondary N) is 2. The fourth-order valence-electron chi connectivity index (χ4n) is 0.448. The zero-order chi connectivity index (χ0) is 6.69. The van der Waals surface area contributed by atoms with Crippen molar-refractivity contribution in [2.45, 2.75) is 0 Å². The van der Waals surface area contributed by atoms with Gasteiger partial charge in [-0.3, -0.25) is 11.3 Å². The molecule has 1 heterocycles. The summed E-state index contributed by atoms with van der Waals surface area (Å²) in [7, 11) is 0. The summed E-state index contributed by atoms with van der Waals surface area (Å²) in [5.74, 6) is 5.04. The fraction of sp³-hybridized carbons (Fsp3) is 0. The molecule has 4 N–H and O–H groups in total. The predicted octanol–water partition coefficient (Wildman–Crippen LogP) is -0.221. The van der Waals surface area contributed by atoms with Crippen LogP contribution in [-0.2, 0) is 0 Å². The van der Waals surface area contributed by atoms with Crippen molar-refractivity contribution in [2.75, 3.05) is 0 Å². The summed E-state index contributed by atoms with van der Waals surface area (Å²) in [5.41, 5.74) is 5.09. The quantitative estimate of drug-likeness (QED) is 0.354. The maximum absolute atomic E-state index is 5.56. The van der Waals surface area contributed by atoms with Gasteiger partial charge in [0.05, 0.1) is 5.03 Å². The Balaban J connectivity index is 2.48. The highest BCUT2D eigenvalue weighted by molar-refractivity contribution is 6.31. The molecule has 0 saturated carbocycles. The number of hydrogen-bond donors (Lipinski definition) is 3. The van der Waals surface area contributed by atoms with Crippen LogP contribution in [0.5, 0.6) is 0 Å². The summed E-state index contributed by atoms with van der Waals surface area (Å²) < 4.78 is 0. The Kier molecular flexibility index (Phi) is 1.94. The molecule has 0 atom stereocenters. The van der Waals surface area contributed by atoms with E-state index < -0.39 is 0 Å². The van der Waals surface area contributed by atoms with Gasteiger partial charge in [-0.15, -0.1) is 0 Å². The van der Waals surface area contributed by atoms with Crippen LogP contribution < -0.4 is 16.8 Å². The summed E-state index contributed by atoms with van der Waals surface area (Å²) in [4.78, 5) is 0. The lowest BCUT2D eigenvalue weighted by atomic mass is 10.5. The van der Waals surface area contributed by atoms with Crippen LogP contribution >= 0.6 is 11.6 Å². The Hall–Kier alpha value is -0.710. The Morgan fingerprint density at radius 3 is 3.00 bits per heavy atom. The van der Waals surface area contributed by atoms with Crippen LogP contribution in [0.15, 0.2) is 23.5 Å². The van der Waals surface area contributed by atoms with Gasteiger partial charge < -0.3 is 0 Å². The minimum atomic E-state index is 0.640. The predicted molar refractivity (Wildman–Crippen MR) is 35.4 cm³/mol. The molecular formula is C4H7ClN4. The molecule has 0 spiro atoms. The van der Waals surface area contributed by atoms with Gasteiger partial charge in [0.15, 0.2) is 0 Å². The molecule has 0 unspecified atom stereocenters. The summed E-state index contributed by atoms with van der Waals surface area (Å²) in [6.07, 6.45) is 4.99. The topological polar surface area (TPSA) is 53.3 Å². The van der Waals surface area contributed by atoms with E-state index in [1.165, 1.54) is 5.12 Å². The highest BCUT2D eigenvalue weighted by Crippen LogP contribution is 2.04. The van der Waals surface area contributed by atoms with Crippen molar-refractivity contribution in [2.24, 2.45) is 5.84 Å². The van der Waals surface area contributed by atoms with Gasteiger partial charge in [0.2, 0.25) is 0 Å². The molecule has 4 nitrogen and oxygen atoms in total. The van der Waals surface area contributed by atoms with Gasteiger partial charge in [-0.05, 0) is 6.08 Å². The van der Waals surface area contributed by atoms with Gasteiger partial charge in [-0.2, -0.15) is 5.53 Å². The standard InChI is InChI=1S/C4H7ClN4/c5-4-1-2-9(8-6)7-3-4/h1-3,7-8H,6H2. The van der Waals surface area contributed by atoms with Crippen LogP contribution in [0.4, 0.5) is 0 Å². The summed E-state index contributed by atoms with van der Waals surface area (Å²) in [5, 5.41) is 2.10. The van der Waals surface area contributed by atoms with Gasteiger partial charge in [0.1, 0.15) is 0 Å². The molecule has 0 aromatic carbocycles. The second-order valence-electron chi connectivity index (χ2n) is 1.47. The molecule has 0 aliphatic carbocycles. The molecule has 50 valence electrons. The number of allylic oxidation sites excluding steroid dienone is 2. The third kappa shape index (κ3) is 1.60. The minimum absolute atomic E-state index is 0.640. The van der Waals surface area contributed by atoms with Gasteiger partial charge in [-0.25, -0.2) is 5.12 Å². The van der Waals surface area contributed by atoms with Crippen molar-refractivity contribution in [3.8, 4) is 0 Å². The molecule has 9 heavy (non-hydrogen) atoms. The Labute approximate surface area is 57.9 Å². The lowest BCUT2D eigenvalue weighted by Gasteiger charge is -2.20. The monoisotopic (exact) mass is 146 g/mol. The molecular weight excluding hydrogens is 140 g/mol. The van der Waals surface area contributed by atoms with Crippen LogP contribution in [0.1, 0.15) is 0 Å². The van der Waals surface area contributed by atoms with E-state index in [1.54, 1.807) is 18.5 Å². The third-order valence-electron chi connectivity index (χ3n) is 0.863. The molecule has 0 amide bonds. The normalized spacial score (nSPS) is 17.1. The second-order valence-corrected chi connectivity index (χ2v) is 1.91. The van der Waals surface area contributed by atoms with Crippen LogP contribution in [-0.4, -0.2) is 5.12 Å². The maximum atomic E-state index is 5.56. The first-order chi connectivity index (χ1) is 4.33. The van der Waals surface area contributed by atoms with Crippen molar-refractivity contribution >= 4 is 11.6 Å². The zero-order valence-corrected chi connectivity index (χ0v) is 5.39. The van der Waals surface area contributed by atoms with Gasteiger partial charge in [-0.1, -0.05) is 11.6 Å². The summed E-state index contributed by atoms with van der Waals surface area (Å²) >= 11 is 5.56. The number of hydrogen-bond acceptors (Lipinski definition) is 4. The van der Waals surface area contributed by atoms with Crippen LogP contribution in [0.3, 0.4) is 0 Å². The number of nitrogens with two attached hydrogens (primary N) is 1. The molecule has 0 fully saturated rings. The van der Waals surface area contributed by atoms with E-state index in [2.05, 4.69) is 11.0 Å². The summed E-state index contributed by atoms with van der Waals surface area (Å²) in [6, 6.07) is 0. The van der Waals surface area contributed by atoms with E-state index in [0.29, 0.717) is 5.03 Å². The van der Waals surface area contributed by atoms with E-state index in [-0.39, 0.29) is 0 Å². The number of rotatable bonds is 1. The molecule has 0 aromatic heterocycles. The van der Waals surface area contributed by atoms with Crippen LogP contribution in [0, 0.1) is 0 Å². The Morgan fingerprint density at radius 1 is 1.78 bits per heavy atom. The van der Waals surface area contributed by atoms with E-state index in [0.717, 1.165) is 0 Å². The fourth-order valence-corrected chi connectivity index (χ4v) is 0.554. The van der Waals surface area contributed by atoms with E-state index in [9.17, 15) is 0 Å². The SMILES string of the molecule is NNN1C=CC(Cl)=CN1. The number of halogens is 1. The molecule has 0 bridgehead atoms. The van der Waals surface area contributed by atoms with Gasteiger partial charge >= 0.3 is 0 Å². The first kappa shape index (κ1) is 6.41. The average molecular weight is 147 g/mol. The van der Waals surface area contributed by atoms with Crippen molar-refractivity contribution in [1.82, 2.24) is 16.1 Å². The van der Waals surface area contributed by atoms with Crippen molar-refractivity contribution < 1.29 is 0 Å². The molecule has 5 heteroatoms. The highest BCUT2D eigenvalue weighted by Gasteiger charge is 1.96. The number of nitrogens with zero attached hydrogens (tertiary/aromatic N) is 1. The van der Waals surface area contributed by atoms with Crippen LogP contribution in [0.25, 0.3) is 0 Å². The zero-order valence-electron chi connectivity index (χ0n) is 4.63. The third-order valence-corrected chi connectivity index (χ3v) is 1.10. The Morgan fingerprint density at radius 2 is 2.56 bits per heavy atom. The largest absolute Gasteiger partial charge is 0.289 e. The molecule has 1 aliphatic rings.